The fourth-order valence-corrected chi connectivity index (χ4v) is 3.39. The number of rotatable bonds is 6. The molecule has 0 spiro atoms. The second-order valence-corrected chi connectivity index (χ2v) is 7.11. The van der Waals surface area contributed by atoms with Crippen LogP contribution in [0.1, 0.15) is 30.9 Å². The second-order valence-electron chi connectivity index (χ2n) is 7.11. The highest BCUT2D eigenvalue weighted by Gasteiger charge is 2.24. The van der Waals surface area contributed by atoms with E-state index < -0.39 is 0 Å². The van der Waals surface area contributed by atoms with Gasteiger partial charge >= 0.3 is 6.03 Å². The summed E-state index contributed by atoms with van der Waals surface area (Å²) in [4.78, 5) is 26.4. The molecule has 1 atom stereocenters. The summed E-state index contributed by atoms with van der Waals surface area (Å²) in [5.41, 5.74) is 2.63. The molecule has 28 heavy (non-hydrogen) atoms. The summed E-state index contributed by atoms with van der Waals surface area (Å²) in [6, 6.07) is 15.0. The quantitative estimate of drug-likeness (QED) is 0.804. The number of hydrogen-bond donors (Lipinski definition) is 2. The Morgan fingerprint density at radius 3 is 2.36 bits per heavy atom. The molecule has 0 aromatic heterocycles. The van der Waals surface area contributed by atoms with Gasteiger partial charge in [0.25, 0.3) is 0 Å². The van der Waals surface area contributed by atoms with E-state index in [-0.39, 0.29) is 11.9 Å². The third-order valence-corrected chi connectivity index (χ3v) is 5.05. The first-order valence-corrected chi connectivity index (χ1v) is 9.61. The molecular weight excluding hydrogens is 354 g/mol. The molecule has 0 aliphatic carbocycles. The number of benzene rings is 2. The van der Waals surface area contributed by atoms with Crippen molar-refractivity contribution in [2.45, 2.75) is 38.8 Å². The van der Waals surface area contributed by atoms with E-state index in [2.05, 4.69) is 17.6 Å². The van der Waals surface area contributed by atoms with E-state index in [0.717, 1.165) is 36.3 Å². The van der Waals surface area contributed by atoms with Gasteiger partial charge < -0.3 is 20.3 Å². The summed E-state index contributed by atoms with van der Waals surface area (Å²) in [7, 11) is 1.62. The van der Waals surface area contributed by atoms with Crippen molar-refractivity contribution < 1.29 is 14.3 Å². The van der Waals surface area contributed by atoms with Crippen LogP contribution in [0.15, 0.2) is 48.5 Å². The lowest BCUT2D eigenvalue weighted by Gasteiger charge is -2.21. The highest BCUT2D eigenvalue weighted by Crippen LogP contribution is 2.18. The van der Waals surface area contributed by atoms with E-state index in [1.165, 1.54) is 0 Å². The predicted octanol–water partition coefficient (Wildman–Crippen LogP) is 3.57. The van der Waals surface area contributed by atoms with Crippen LogP contribution in [0.2, 0.25) is 0 Å². The Hall–Kier alpha value is -3.02. The highest BCUT2D eigenvalue weighted by molar-refractivity contribution is 5.89. The van der Waals surface area contributed by atoms with Crippen molar-refractivity contribution in [3.05, 3.63) is 59.7 Å². The number of ether oxygens (including phenoxy) is 1. The Labute approximate surface area is 165 Å². The zero-order valence-electron chi connectivity index (χ0n) is 16.4. The van der Waals surface area contributed by atoms with E-state index in [9.17, 15) is 9.59 Å². The zero-order chi connectivity index (χ0) is 19.9. The van der Waals surface area contributed by atoms with Crippen LogP contribution in [0, 0.1) is 0 Å². The first kappa shape index (κ1) is 19.7. The zero-order valence-corrected chi connectivity index (χ0v) is 16.4. The minimum atomic E-state index is -0.273. The van der Waals surface area contributed by atoms with Crippen LogP contribution in [-0.4, -0.2) is 36.5 Å². The maximum absolute atomic E-state index is 12.4. The number of nitrogens with one attached hydrogen (secondary N) is 2. The third-order valence-electron chi connectivity index (χ3n) is 5.05. The van der Waals surface area contributed by atoms with Crippen molar-refractivity contribution in [2.75, 3.05) is 19.0 Å². The van der Waals surface area contributed by atoms with Gasteiger partial charge in [-0.25, -0.2) is 4.79 Å². The van der Waals surface area contributed by atoms with Crippen molar-refractivity contribution >= 4 is 17.6 Å². The SMILES string of the molecule is COc1ccc(CNC(=O)Nc2ccc(CC(=O)N3CCC[C@H]3C)cc2)cc1. The molecule has 2 aromatic rings. The van der Waals surface area contributed by atoms with Crippen molar-refractivity contribution in [3.63, 3.8) is 0 Å². The molecule has 6 heteroatoms. The summed E-state index contributed by atoms with van der Waals surface area (Å²) >= 11 is 0. The monoisotopic (exact) mass is 381 g/mol. The molecule has 3 amide bonds. The smallest absolute Gasteiger partial charge is 0.319 e. The van der Waals surface area contributed by atoms with Gasteiger partial charge in [-0.2, -0.15) is 0 Å². The van der Waals surface area contributed by atoms with Gasteiger partial charge in [-0.1, -0.05) is 24.3 Å². The molecule has 0 bridgehead atoms. The number of hydrogen-bond acceptors (Lipinski definition) is 3. The summed E-state index contributed by atoms with van der Waals surface area (Å²) < 4.78 is 5.12. The molecule has 2 aromatic carbocycles. The number of carbonyl (C=O) groups excluding carboxylic acids is 2. The van der Waals surface area contributed by atoms with Gasteiger partial charge in [-0.05, 0) is 55.2 Å². The van der Waals surface area contributed by atoms with Crippen LogP contribution in [-0.2, 0) is 17.8 Å². The fraction of sp³-hybridized carbons (Fsp3) is 0.364. The first-order chi connectivity index (χ1) is 13.5. The number of methoxy groups -OCH3 is 1. The normalized spacial score (nSPS) is 15.9. The first-order valence-electron chi connectivity index (χ1n) is 9.61. The molecule has 1 aliphatic heterocycles. The van der Waals surface area contributed by atoms with Crippen molar-refractivity contribution in [1.29, 1.82) is 0 Å². The molecule has 0 radical (unpaired) electrons. The van der Waals surface area contributed by atoms with E-state index in [0.29, 0.717) is 24.7 Å². The molecule has 0 unspecified atom stereocenters. The summed E-state index contributed by atoms with van der Waals surface area (Å²) in [5, 5.41) is 5.63. The maximum Gasteiger partial charge on any atom is 0.319 e. The average Bonchev–Trinajstić information content (AvgIpc) is 3.14. The number of likely N-dealkylation sites (tertiary alicyclic amines) is 1. The van der Waals surface area contributed by atoms with Gasteiger partial charge in [0.2, 0.25) is 5.91 Å². The van der Waals surface area contributed by atoms with Crippen LogP contribution in [0.3, 0.4) is 0 Å². The van der Waals surface area contributed by atoms with Crippen molar-refractivity contribution in [1.82, 2.24) is 10.2 Å². The molecule has 6 nitrogen and oxygen atoms in total. The topological polar surface area (TPSA) is 70.7 Å². The van der Waals surface area contributed by atoms with Crippen molar-refractivity contribution in [3.8, 4) is 5.75 Å². The van der Waals surface area contributed by atoms with E-state index in [1.54, 1.807) is 7.11 Å². The molecule has 1 saturated heterocycles. The second kappa shape index (κ2) is 9.26. The lowest BCUT2D eigenvalue weighted by Crippen LogP contribution is -2.34. The van der Waals surface area contributed by atoms with Gasteiger partial charge in [-0.15, -0.1) is 0 Å². The summed E-state index contributed by atoms with van der Waals surface area (Å²) in [6.07, 6.45) is 2.57. The minimum absolute atomic E-state index is 0.169. The van der Waals surface area contributed by atoms with Crippen LogP contribution in [0.25, 0.3) is 0 Å². The molecule has 148 valence electrons. The lowest BCUT2D eigenvalue weighted by molar-refractivity contribution is -0.130. The third kappa shape index (κ3) is 5.25. The lowest BCUT2D eigenvalue weighted by atomic mass is 10.1. The largest absolute Gasteiger partial charge is 0.497 e. The van der Waals surface area contributed by atoms with Crippen LogP contribution < -0.4 is 15.4 Å². The van der Waals surface area contributed by atoms with Crippen molar-refractivity contribution in [2.24, 2.45) is 0 Å². The Morgan fingerprint density at radius 1 is 1.07 bits per heavy atom. The van der Waals surface area contributed by atoms with Crippen LogP contribution >= 0.6 is 0 Å². The Balaban J connectivity index is 1.46. The molecule has 0 saturated carbocycles. The molecular formula is C22H27N3O3. The van der Waals surface area contributed by atoms with Crippen LogP contribution in [0.5, 0.6) is 5.75 Å². The standard InChI is InChI=1S/C22H27N3O3/c1-16-4-3-13-25(16)21(26)14-17-5-9-19(10-6-17)24-22(27)23-15-18-7-11-20(28-2)12-8-18/h5-12,16H,3-4,13-15H2,1-2H3,(H2,23,24,27)/t16-/m1/s1. The summed E-state index contributed by atoms with van der Waals surface area (Å²) in [6.45, 7) is 3.38. The minimum Gasteiger partial charge on any atom is -0.497 e. The number of urea groups is 1. The summed E-state index contributed by atoms with van der Waals surface area (Å²) in [5.74, 6) is 0.953. The van der Waals surface area contributed by atoms with Crippen LogP contribution in [0.4, 0.5) is 10.5 Å². The van der Waals surface area contributed by atoms with E-state index in [1.807, 2.05) is 53.4 Å². The predicted molar refractivity (Wildman–Crippen MR) is 109 cm³/mol. The number of anilines is 1. The molecule has 1 fully saturated rings. The van der Waals surface area contributed by atoms with Gasteiger partial charge in [-0.3, -0.25) is 4.79 Å². The molecule has 2 N–H and O–H groups in total. The molecule has 3 rings (SSSR count). The Bertz CT molecular complexity index is 803. The van der Waals surface area contributed by atoms with Gasteiger partial charge in [0.15, 0.2) is 0 Å². The highest BCUT2D eigenvalue weighted by atomic mass is 16.5. The van der Waals surface area contributed by atoms with Gasteiger partial charge in [0.05, 0.1) is 13.5 Å². The van der Waals surface area contributed by atoms with E-state index in [4.69, 9.17) is 4.74 Å². The average molecular weight is 381 g/mol. The molecule has 1 aliphatic rings. The molecule has 1 heterocycles. The Kier molecular flexibility index (Phi) is 6.53. The van der Waals surface area contributed by atoms with E-state index >= 15 is 0 Å². The number of carbonyl (C=O) groups is 2. The van der Waals surface area contributed by atoms with Gasteiger partial charge in [0, 0.05) is 24.8 Å². The van der Waals surface area contributed by atoms with Gasteiger partial charge in [0.1, 0.15) is 5.75 Å². The Morgan fingerprint density at radius 2 is 1.75 bits per heavy atom. The number of amides is 3. The number of nitrogens with zero attached hydrogens (tertiary/aromatic N) is 1. The maximum atomic E-state index is 12.4. The fourth-order valence-electron chi connectivity index (χ4n) is 3.39.